The number of benzene rings is 2. The number of carbonyl (C=O) groups excluding carboxylic acids is 2. The summed E-state index contributed by atoms with van der Waals surface area (Å²) >= 11 is 0. The highest BCUT2D eigenvalue weighted by Crippen LogP contribution is 2.44. The number of amides is 2. The van der Waals surface area contributed by atoms with Crippen LogP contribution < -0.4 is 5.32 Å². The maximum Gasteiger partial charge on any atom is 0.407 e. The van der Waals surface area contributed by atoms with E-state index in [0.717, 1.165) is 35.1 Å². The zero-order valence-electron chi connectivity index (χ0n) is 19.7. The first-order valence-electron chi connectivity index (χ1n) is 12.0. The summed E-state index contributed by atoms with van der Waals surface area (Å²) < 4.78 is 5.64. The highest BCUT2D eigenvalue weighted by Gasteiger charge is 2.37. The molecule has 0 radical (unpaired) electrons. The van der Waals surface area contributed by atoms with Crippen molar-refractivity contribution in [1.82, 2.24) is 10.2 Å². The number of alkyl carbamates (subject to hydrolysis) is 1. The van der Waals surface area contributed by atoms with Gasteiger partial charge in [0.25, 0.3) is 0 Å². The number of fused-ring (bicyclic) bond motifs is 3. The van der Waals surface area contributed by atoms with E-state index in [-0.39, 0.29) is 43.4 Å². The van der Waals surface area contributed by atoms with Crippen molar-refractivity contribution in [2.24, 2.45) is 5.92 Å². The van der Waals surface area contributed by atoms with Crippen LogP contribution in [0.4, 0.5) is 4.79 Å². The maximum absolute atomic E-state index is 13.3. The third kappa shape index (κ3) is 5.41. The summed E-state index contributed by atoms with van der Waals surface area (Å²) in [5, 5.41) is 11.8. The fourth-order valence-corrected chi connectivity index (χ4v) is 4.75. The van der Waals surface area contributed by atoms with Crippen molar-refractivity contribution in [3.8, 4) is 11.1 Å². The third-order valence-electron chi connectivity index (χ3n) is 6.48. The van der Waals surface area contributed by atoms with Crippen molar-refractivity contribution >= 4 is 18.0 Å². The van der Waals surface area contributed by atoms with Gasteiger partial charge < -0.3 is 20.1 Å². The van der Waals surface area contributed by atoms with Crippen molar-refractivity contribution in [3.63, 3.8) is 0 Å². The van der Waals surface area contributed by atoms with E-state index in [0.29, 0.717) is 6.42 Å². The Morgan fingerprint density at radius 2 is 1.62 bits per heavy atom. The lowest BCUT2D eigenvalue weighted by molar-refractivity contribution is -0.139. The van der Waals surface area contributed by atoms with E-state index in [1.807, 2.05) is 38.1 Å². The van der Waals surface area contributed by atoms with Crippen LogP contribution in [0.25, 0.3) is 11.1 Å². The summed E-state index contributed by atoms with van der Waals surface area (Å²) in [6, 6.07) is 15.6. The highest BCUT2D eigenvalue weighted by atomic mass is 16.5. The Morgan fingerprint density at radius 1 is 1.03 bits per heavy atom. The number of rotatable bonds is 10. The van der Waals surface area contributed by atoms with Gasteiger partial charge in [0, 0.05) is 18.5 Å². The minimum atomic E-state index is -0.941. The summed E-state index contributed by atoms with van der Waals surface area (Å²) in [5.74, 6) is -1.06. The van der Waals surface area contributed by atoms with Gasteiger partial charge in [0.2, 0.25) is 5.91 Å². The number of carboxylic acids is 1. The van der Waals surface area contributed by atoms with E-state index in [2.05, 4.69) is 29.6 Å². The lowest BCUT2D eigenvalue weighted by Crippen LogP contribution is -2.50. The molecule has 34 heavy (non-hydrogen) atoms. The second-order valence-electron chi connectivity index (χ2n) is 9.56. The molecule has 2 N–H and O–H groups in total. The van der Waals surface area contributed by atoms with Gasteiger partial charge in [0.05, 0.1) is 6.42 Å². The molecule has 0 saturated heterocycles. The number of carboxylic acid groups (broad SMARTS) is 1. The van der Waals surface area contributed by atoms with Crippen molar-refractivity contribution in [2.75, 3.05) is 13.2 Å². The number of ether oxygens (including phenoxy) is 1. The van der Waals surface area contributed by atoms with E-state index in [9.17, 15) is 14.4 Å². The summed E-state index contributed by atoms with van der Waals surface area (Å²) in [6.07, 6.45) is 1.45. The second-order valence-corrected chi connectivity index (χ2v) is 9.56. The second kappa shape index (κ2) is 10.3. The first-order valence-corrected chi connectivity index (χ1v) is 12.0. The zero-order valence-corrected chi connectivity index (χ0v) is 19.7. The molecule has 0 aromatic heterocycles. The van der Waals surface area contributed by atoms with Gasteiger partial charge >= 0.3 is 12.1 Å². The lowest BCUT2D eigenvalue weighted by Gasteiger charge is -2.28. The third-order valence-corrected chi connectivity index (χ3v) is 6.48. The lowest BCUT2D eigenvalue weighted by atomic mass is 9.98. The number of hydrogen-bond donors (Lipinski definition) is 2. The van der Waals surface area contributed by atoms with Gasteiger partial charge in [-0.15, -0.1) is 0 Å². The molecule has 7 heteroatoms. The predicted molar refractivity (Wildman–Crippen MR) is 128 cm³/mol. The van der Waals surface area contributed by atoms with E-state index >= 15 is 0 Å². The summed E-state index contributed by atoms with van der Waals surface area (Å²) in [4.78, 5) is 38.7. The molecule has 0 spiro atoms. The summed E-state index contributed by atoms with van der Waals surface area (Å²) in [6.45, 7) is 4.30. The molecule has 2 aromatic rings. The van der Waals surface area contributed by atoms with Crippen LogP contribution in [0.3, 0.4) is 0 Å². The van der Waals surface area contributed by atoms with Gasteiger partial charge in [0.1, 0.15) is 12.6 Å². The van der Waals surface area contributed by atoms with Crippen molar-refractivity contribution in [3.05, 3.63) is 59.7 Å². The Balaban J connectivity index is 1.42. The maximum atomic E-state index is 13.3. The quantitative estimate of drug-likeness (QED) is 0.543. The van der Waals surface area contributed by atoms with Gasteiger partial charge in [-0.05, 0) is 47.4 Å². The molecule has 0 heterocycles. The molecule has 2 aliphatic carbocycles. The Hall–Kier alpha value is -3.35. The van der Waals surface area contributed by atoms with Crippen LogP contribution >= 0.6 is 0 Å². The Labute approximate surface area is 200 Å². The molecule has 180 valence electrons. The zero-order chi connectivity index (χ0) is 24.2. The van der Waals surface area contributed by atoms with E-state index in [4.69, 9.17) is 9.84 Å². The number of hydrogen-bond acceptors (Lipinski definition) is 4. The number of nitrogens with one attached hydrogen (secondary N) is 1. The Bertz CT molecular complexity index is 1020. The number of carbonyl (C=O) groups is 3. The van der Waals surface area contributed by atoms with Crippen molar-refractivity contribution in [2.45, 2.75) is 57.5 Å². The smallest absolute Gasteiger partial charge is 0.407 e. The van der Waals surface area contributed by atoms with Crippen LogP contribution in [0.1, 0.15) is 56.6 Å². The first kappa shape index (κ1) is 23.8. The molecule has 2 aromatic carbocycles. The summed E-state index contributed by atoms with van der Waals surface area (Å²) in [7, 11) is 0. The largest absolute Gasteiger partial charge is 0.481 e. The number of aliphatic carboxylic acids is 1. The standard InChI is InChI=1S/C27H32N2O5/c1-17(2)15-24(26(32)29(18-11-12-18)14-13-25(30)31)28-27(33)34-16-23-21-9-5-3-7-19(21)20-8-4-6-10-22(20)23/h3-10,17-18,23-24H,11-16H2,1-2H3,(H,28,33)(H,30,31). The van der Waals surface area contributed by atoms with Gasteiger partial charge in [0.15, 0.2) is 0 Å². The van der Waals surface area contributed by atoms with E-state index in [1.165, 1.54) is 0 Å². The van der Waals surface area contributed by atoms with Crippen LogP contribution in [0, 0.1) is 5.92 Å². The molecule has 7 nitrogen and oxygen atoms in total. The molecular weight excluding hydrogens is 432 g/mol. The molecule has 1 atom stereocenters. The highest BCUT2D eigenvalue weighted by molar-refractivity contribution is 5.86. The molecular formula is C27H32N2O5. The minimum Gasteiger partial charge on any atom is -0.481 e. The van der Waals surface area contributed by atoms with Crippen LogP contribution in [0.15, 0.2) is 48.5 Å². The van der Waals surface area contributed by atoms with Crippen LogP contribution in [-0.4, -0.2) is 53.2 Å². The van der Waals surface area contributed by atoms with Gasteiger partial charge in [-0.3, -0.25) is 9.59 Å². The van der Waals surface area contributed by atoms with Gasteiger partial charge in [-0.2, -0.15) is 0 Å². The fraction of sp³-hybridized carbons (Fsp3) is 0.444. The monoisotopic (exact) mass is 464 g/mol. The molecule has 2 amide bonds. The first-order chi connectivity index (χ1) is 16.3. The minimum absolute atomic E-state index is 0.0593. The molecule has 2 aliphatic rings. The topological polar surface area (TPSA) is 95.9 Å². The molecule has 0 bridgehead atoms. The van der Waals surface area contributed by atoms with E-state index in [1.54, 1.807) is 4.90 Å². The van der Waals surface area contributed by atoms with Crippen LogP contribution in [0.5, 0.6) is 0 Å². The van der Waals surface area contributed by atoms with Gasteiger partial charge in [-0.25, -0.2) is 4.79 Å². The van der Waals surface area contributed by atoms with Gasteiger partial charge in [-0.1, -0.05) is 62.4 Å². The van der Waals surface area contributed by atoms with E-state index < -0.39 is 18.1 Å². The van der Waals surface area contributed by atoms with Crippen LogP contribution in [0.2, 0.25) is 0 Å². The fourth-order valence-electron chi connectivity index (χ4n) is 4.75. The van der Waals surface area contributed by atoms with Crippen molar-refractivity contribution in [1.29, 1.82) is 0 Å². The molecule has 0 aliphatic heterocycles. The molecule has 1 unspecified atom stereocenters. The predicted octanol–water partition coefficient (Wildman–Crippen LogP) is 4.41. The van der Waals surface area contributed by atoms with Crippen LogP contribution in [-0.2, 0) is 14.3 Å². The van der Waals surface area contributed by atoms with Crippen molar-refractivity contribution < 1.29 is 24.2 Å². The Kier molecular flexibility index (Phi) is 7.20. The molecule has 1 fully saturated rings. The Morgan fingerprint density at radius 3 is 2.15 bits per heavy atom. The average molecular weight is 465 g/mol. The molecule has 4 rings (SSSR count). The SMILES string of the molecule is CC(C)CC(NC(=O)OCC1c2ccccc2-c2ccccc21)C(=O)N(CCC(=O)O)C1CC1. The normalized spacial score (nSPS) is 15.4. The summed E-state index contributed by atoms with van der Waals surface area (Å²) in [5.41, 5.74) is 4.55. The molecule has 1 saturated carbocycles. The average Bonchev–Trinajstić information content (AvgIpc) is 3.59. The number of nitrogens with zero attached hydrogens (tertiary/aromatic N) is 1.